The first-order chi connectivity index (χ1) is 11.5. The minimum absolute atomic E-state index is 0.190. The van der Waals surface area contributed by atoms with Crippen LogP contribution in [0, 0.1) is 0 Å². The number of hydrogen-bond acceptors (Lipinski definition) is 4. The summed E-state index contributed by atoms with van der Waals surface area (Å²) in [5, 5.41) is 7.01. The standard InChI is InChI=1S/C18H24N4O2/c1-4-11-22-17(23)10-9-16(20-22)18(24)19-12-14-7-5-6-8-15(14)13-21(2)3/h5-10H,4,11-13H2,1-3H3,(H,19,24). The minimum atomic E-state index is -0.278. The zero-order valence-corrected chi connectivity index (χ0v) is 14.5. The van der Waals surface area contributed by atoms with Gasteiger partial charge in [-0.05, 0) is 37.7 Å². The molecule has 1 N–H and O–H groups in total. The Labute approximate surface area is 142 Å². The molecule has 0 atom stereocenters. The lowest BCUT2D eigenvalue weighted by Gasteiger charge is -2.14. The maximum Gasteiger partial charge on any atom is 0.271 e. The molecule has 0 radical (unpaired) electrons. The molecule has 1 aromatic heterocycles. The second-order valence-electron chi connectivity index (χ2n) is 5.97. The van der Waals surface area contributed by atoms with E-state index in [4.69, 9.17) is 0 Å². The number of nitrogens with zero attached hydrogens (tertiary/aromatic N) is 3. The van der Waals surface area contributed by atoms with Crippen molar-refractivity contribution in [1.82, 2.24) is 20.0 Å². The van der Waals surface area contributed by atoms with E-state index in [0.29, 0.717) is 13.1 Å². The van der Waals surface area contributed by atoms with Crippen LogP contribution in [-0.2, 0) is 19.6 Å². The van der Waals surface area contributed by atoms with Gasteiger partial charge in [0.2, 0.25) is 0 Å². The van der Waals surface area contributed by atoms with E-state index >= 15 is 0 Å². The second kappa shape index (κ2) is 8.40. The van der Waals surface area contributed by atoms with Gasteiger partial charge in [0.1, 0.15) is 5.69 Å². The van der Waals surface area contributed by atoms with Crippen molar-refractivity contribution < 1.29 is 4.79 Å². The van der Waals surface area contributed by atoms with E-state index in [2.05, 4.69) is 21.4 Å². The second-order valence-corrected chi connectivity index (χ2v) is 5.97. The van der Waals surface area contributed by atoms with Crippen LogP contribution in [0.5, 0.6) is 0 Å². The molecule has 2 aromatic rings. The van der Waals surface area contributed by atoms with Crippen molar-refractivity contribution in [2.75, 3.05) is 14.1 Å². The first kappa shape index (κ1) is 17.9. The Hall–Kier alpha value is -2.47. The number of benzene rings is 1. The fourth-order valence-electron chi connectivity index (χ4n) is 2.43. The molecule has 2 rings (SSSR count). The Morgan fingerprint density at radius 2 is 1.88 bits per heavy atom. The van der Waals surface area contributed by atoms with Crippen LogP contribution in [0.2, 0.25) is 0 Å². The average molecular weight is 328 g/mol. The van der Waals surface area contributed by atoms with Gasteiger partial charge in [0.25, 0.3) is 11.5 Å². The van der Waals surface area contributed by atoms with Gasteiger partial charge in [-0.25, -0.2) is 4.68 Å². The molecule has 0 unspecified atom stereocenters. The smallest absolute Gasteiger partial charge is 0.271 e. The molecule has 24 heavy (non-hydrogen) atoms. The van der Waals surface area contributed by atoms with E-state index in [1.165, 1.54) is 22.4 Å². The molecule has 0 aliphatic carbocycles. The number of aryl methyl sites for hydroxylation is 1. The molecule has 0 saturated carbocycles. The average Bonchev–Trinajstić information content (AvgIpc) is 2.55. The molecule has 1 heterocycles. The number of hydrogen-bond donors (Lipinski definition) is 1. The zero-order valence-electron chi connectivity index (χ0n) is 14.5. The molecule has 6 heteroatoms. The van der Waals surface area contributed by atoms with E-state index in [1.807, 2.05) is 39.2 Å². The Morgan fingerprint density at radius 3 is 2.54 bits per heavy atom. The highest BCUT2D eigenvalue weighted by molar-refractivity contribution is 5.91. The van der Waals surface area contributed by atoms with E-state index < -0.39 is 0 Å². The van der Waals surface area contributed by atoms with Crippen molar-refractivity contribution in [3.63, 3.8) is 0 Å². The molecule has 0 saturated heterocycles. The third-order valence-corrected chi connectivity index (χ3v) is 3.58. The SMILES string of the molecule is CCCn1nc(C(=O)NCc2ccccc2CN(C)C)ccc1=O. The highest BCUT2D eigenvalue weighted by Crippen LogP contribution is 2.10. The summed E-state index contributed by atoms with van der Waals surface area (Å²) in [6.45, 7) is 3.71. The maximum absolute atomic E-state index is 12.3. The molecule has 0 aliphatic heterocycles. The predicted molar refractivity (Wildman–Crippen MR) is 93.8 cm³/mol. The summed E-state index contributed by atoms with van der Waals surface area (Å²) in [7, 11) is 4.02. The molecule has 1 amide bonds. The van der Waals surface area contributed by atoms with Crippen LogP contribution in [0.4, 0.5) is 0 Å². The Balaban J connectivity index is 2.09. The van der Waals surface area contributed by atoms with Crippen LogP contribution >= 0.6 is 0 Å². The van der Waals surface area contributed by atoms with Crippen LogP contribution in [0.3, 0.4) is 0 Å². The number of aromatic nitrogens is 2. The Morgan fingerprint density at radius 1 is 1.17 bits per heavy atom. The van der Waals surface area contributed by atoms with E-state index in [9.17, 15) is 9.59 Å². The molecule has 128 valence electrons. The summed E-state index contributed by atoms with van der Waals surface area (Å²) in [4.78, 5) is 26.1. The first-order valence-electron chi connectivity index (χ1n) is 8.09. The third-order valence-electron chi connectivity index (χ3n) is 3.58. The van der Waals surface area contributed by atoms with Crippen molar-refractivity contribution in [2.24, 2.45) is 0 Å². The zero-order chi connectivity index (χ0) is 17.5. The summed E-state index contributed by atoms with van der Waals surface area (Å²) in [6, 6.07) is 10.9. The van der Waals surface area contributed by atoms with Crippen LogP contribution in [-0.4, -0.2) is 34.7 Å². The van der Waals surface area contributed by atoms with Gasteiger partial charge in [0, 0.05) is 25.7 Å². The van der Waals surface area contributed by atoms with Crippen LogP contribution in [0.25, 0.3) is 0 Å². The monoisotopic (exact) mass is 328 g/mol. The van der Waals surface area contributed by atoms with Gasteiger partial charge in [-0.1, -0.05) is 31.2 Å². The van der Waals surface area contributed by atoms with Gasteiger partial charge in [-0.15, -0.1) is 0 Å². The number of nitrogens with one attached hydrogen (secondary N) is 1. The summed E-state index contributed by atoms with van der Waals surface area (Å²) in [6.07, 6.45) is 0.788. The van der Waals surface area contributed by atoms with Crippen LogP contribution < -0.4 is 10.9 Å². The normalized spacial score (nSPS) is 10.8. The van der Waals surface area contributed by atoms with Crippen LogP contribution in [0.1, 0.15) is 35.0 Å². The molecule has 0 aliphatic rings. The number of carbonyl (C=O) groups excluding carboxylic acids is 1. The lowest BCUT2D eigenvalue weighted by Crippen LogP contribution is -2.29. The van der Waals surface area contributed by atoms with Gasteiger partial charge in [-0.2, -0.15) is 5.10 Å². The van der Waals surface area contributed by atoms with Crippen molar-refractivity contribution in [3.05, 3.63) is 63.6 Å². The Kier molecular flexibility index (Phi) is 6.26. The fraction of sp³-hybridized carbons (Fsp3) is 0.389. The molecule has 6 nitrogen and oxygen atoms in total. The van der Waals surface area contributed by atoms with Gasteiger partial charge in [0.15, 0.2) is 0 Å². The van der Waals surface area contributed by atoms with E-state index in [0.717, 1.165) is 18.5 Å². The first-order valence-corrected chi connectivity index (χ1v) is 8.09. The summed E-state index contributed by atoms with van der Waals surface area (Å²) in [5.74, 6) is -0.278. The number of amides is 1. The molecule has 1 aromatic carbocycles. The highest BCUT2D eigenvalue weighted by atomic mass is 16.2. The summed E-state index contributed by atoms with van der Waals surface area (Å²) >= 11 is 0. The summed E-state index contributed by atoms with van der Waals surface area (Å²) in [5.41, 5.74) is 2.31. The molecular weight excluding hydrogens is 304 g/mol. The topological polar surface area (TPSA) is 67.2 Å². The maximum atomic E-state index is 12.3. The van der Waals surface area contributed by atoms with Gasteiger partial charge < -0.3 is 10.2 Å². The lowest BCUT2D eigenvalue weighted by atomic mass is 10.1. The predicted octanol–water partition coefficient (Wildman–Crippen LogP) is 1.64. The van der Waals surface area contributed by atoms with Gasteiger partial charge >= 0.3 is 0 Å². The van der Waals surface area contributed by atoms with E-state index in [-0.39, 0.29) is 17.2 Å². The largest absolute Gasteiger partial charge is 0.347 e. The number of rotatable bonds is 7. The van der Waals surface area contributed by atoms with Crippen molar-refractivity contribution in [1.29, 1.82) is 0 Å². The molecular formula is C18H24N4O2. The molecule has 0 spiro atoms. The van der Waals surface area contributed by atoms with E-state index in [1.54, 1.807) is 0 Å². The van der Waals surface area contributed by atoms with Crippen LogP contribution in [0.15, 0.2) is 41.2 Å². The van der Waals surface area contributed by atoms with Gasteiger partial charge in [0.05, 0.1) is 0 Å². The lowest BCUT2D eigenvalue weighted by molar-refractivity contribution is 0.0943. The molecule has 0 fully saturated rings. The van der Waals surface area contributed by atoms with Crippen molar-refractivity contribution >= 4 is 5.91 Å². The molecule has 0 bridgehead atoms. The minimum Gasteiger partial charge on any atom is -0.347 e. The quantitative estimate of drug-likeness (QED) is 0.839. The van der Waals surface area contributed by atoms with Crippen molar-refractivity contribution in [3.8, 4) is 0 Å². The number of carbonyl (C=O) groups is 1. The van der Waals surface area contributed by atoms with Crippen molar-refractivity contribution in [2.45, 2.75) is 33.0 Å². The summed E-state index contributed by atoms with van der Waals surface area (Å²) < 4.78 is 1.33. The highest BCUT2D eigenvalue weighted by Gasteiger charge is 2.10. The van der Waals surface area contributed by atoms with Gasteiger partial charge in [-0.3, -0.25) is 9.59 Å². The third kappa shape index (κ3) is 4.76. The Bertz CT molecular complexity index is 753. The fourth-order valence-corrected chi connectivity index (χ4v) is 2.43.